The fourth-order valence-electron chi connectivity index (χ4n) is 3.08. The van der Waals surface area contributed by atoms with Crippen molar-refractivity contribution in [3.63, 3.8) is 0 Å². The minimum Gasteiger partial charge on any atom is -0.351 e. The molecule has 2 aromatic rings. The number of rotatable bonds is 6. The van der Waals surface area contributed by atoms with Crippen LogP contribution in [0.3, 0.4) is 0 Å². The van der Waals surface area contributed by atoms with Gasteiger partial charge in [-0.05, 0) is 42.0 Å². The van der Waals surface area contributed by atoms with Crippen LogP contribution < -0.4 is 10.6 Å². The number of benzene rings is 1. The Kier molecular flexibility index (Phi) is 5.93. The zero-order valence-electron chi connectivity index (χ0n) is 14.8. The van der Waals surface area contributed by atoms with Gasteiger partial charge in [0, 0.05) is 25.7 Å². The molecule has 2 amide bonds. The number of amides is 2. The van der Waals surface area contributed by atoms with E-state index in [-0.39, 0.29) is 22.6 Å². The molecule has 1 aromatic carbocycles. The van der Waals surface area contributed by atoms with E-state index in [0.29, 0.717) is 25.1 Å². The first-order valence-corrected chi connectivity index (χ1v) is 10.9. The molecule has 1 fully saturated rings. The minimum absolute atomic E-state index is 0.170. The third-order valence-electron chi connectivity index (χ3n) is 4.28. The summed E-state index contributed by atoms with van der Waals surface area (Å²) in [5.41, 5.74) is 1.47. The number of anilines is 1. The average molecular weight is 408 g/mol. The van der Waals surface area contributed by atoms with Gasteiger partial charge in [-0.3, -0.25) is 9.59 Å². The van der Waals surface area contributed by atoms with Crippen molar-refractivity contribution < 1.29 is 18.0 Å². The summed E-state index contributed by atoms with van der Waals surface area (Å²) in [5, 5.41) is 7.22. The molecule has 1 aromatic heterocycles. The molecule has 9 heteroatoms. The molecule has 0 spiro atoms. The summed E-state index contributed by atoms with van der Waals surface area (Å²) >= 11 is 1.15. The van der Waals surface area contributed by atoms with Gasteiger partial charge in [-0.1, -0.05) is 18.2 Å². The first-order chi connectivity index (χ1) is 12.9. The lowest BCUT2D eigenvalue weighted by atomic mass is 10.1. The van der Waals surface area contributed by atoms with Crippen LogP contribution in [-0.4, -0.2) is 37.1 Å². The summed E-state index contributed by atoms with van der Waals surface area (Å²) in [4.78, 5) is 23.8. The fraction of sp³-hybridized carbons (Fsp3) is 0.333. The molecule has 1 aliphatic rings. The van der Waals surface area contributed by atoms with Crippen LogP contribution in [0, 0.1) is 0 Å². The molecule has 0 saturated carbocycles. The van der Waals surface area contributed by atoms with Crippen LogP contribution in [-0.2, 0) is 26.2 Å². The number of nitrogens with zero attached hydrogens (tertiary/aromatic N) is 1. The van der Waals surface area contributed by atoms with Crippen molar-refractivity contribution in [1.29, 1.82) is 0 Å². The third kappa shape index (κ3) is 4.55. The maximum atomic E-state index is 12.7. The highest BCUT2D eigenvalue weighted by Gasteiger charge is 2.39. The van der Waals surface area contributed by atoms with Crippen molar-refractivity contribution >= 4 is 38.9 Å². The van der Waals surface area contributed by atoms with Crippen molar-refractivity contribution in [3.05, 3.63) is 47.3 Å². The average Bonchev–Trinajstić information content (AvgIpc) is 3.31. The number of carbonyl (C=O) groups is 2. The Hall–Kier alpha value is -2.23. The molecule has 1 aliphatic heterocycles. The van der Waals surface area contributed by atoms with Crippen LogP contribution in [0.15, 0.2) is 46.0 Å². The van der Waals surface area contributed by atoms with E-state index in [1.54, 1.807) is 35.7 Å². The largest absolute Gasteiger partial charge is 0.351 e. The van der Waals surface area contributed by atoms with E-state index in [4.69, 9.17) is 0 Å². The third-order valence-corrected chi connectivity index (χ3v) is 7.56. The maximum Gasteiger partial charge on any atom is 0.253 e. The van der Waals surface area contributed by atoms with Gasteiger partial charge in [-0.2, -0.15) is 4.31 Å². The zero-order valence-corrected chi connectivity index (χ0v) is 16.5. The molecule has 0 aliphatic carbocycles. The highest BCUT2D eigenvalue weighted by Crippen LogP contribution is 2.28. The van der Waals surface area contributed by atoms with Crippen molar-refractivity contribution in [2.75, 3.05) is 11.9 Å². The van der Waals surface area contributed by atoms with E-state index in [0.717, 1.165) is 16.9 Å². The van der Waals surface area contributed by atoms with E-state index < -0.39 is 16.1 Å². The first-order valence-electron chi connectivity index (χ1n) is 8.57. The molecular weight excluding hydrogens is 386 g/mol. The van der Waals surface area contributed by atoms with Gasteiger partial charge in [-0.15, -0.1) is 11.3 Å². The highest BCUT2D eigenvalue weighted by atomic mass is 32.2. The molecule has 3 rings (SSSR count). The van der Waals surface area contributed by atoms with Gasteiger partial charge >= 0.3 is 0 Å². The first kappa shape index (κ1) is 19.5. The van der Waals surface area contributed by atoms with Crippen molar-refractivity contribution in [1.82, 2.24) is 9.62 Å². The molecule has 0 bridgehead atoms. The summed E-state index contributed by atoms with van der Waals surface area (Å²) in [7, 11) is -3.65. The van der Waals surface area contributed by atoms with Crippen LogP contribution in [0.2, 0.25) is 0 Å². The van der Waals surface area contributed by atoms with Crippen LogP contribution in [0.4, 0.5) is 5.69 Å². The molecular formula is C18H21N3O4S2. The normalized spacial score (nSPS) is 17.6. The van der Waals surface area contributed by atoms with Crippen LogP contribution in [0.1, 0.15) is 25.3 Å². The zero-order chi connectivity index (χ0) is 19.4. The van der Waals surface area contributed by atoms with Crippen molar-refractivity contribution in [3.8, 4) is 0 Å². The monoisotopic (exact) mass is 407 g/mol. The molecule has 27 heavy (non-hydrogen) atoms. The molecule has 1 saturated heterocycles. The summed E-state index contributed by atoms with van der Waals surface area (Å²) < 4.78 is 27.0. The second-order valence-corrected chi connectivity index (χ2v) is 9.37. The highest BCUT2D eigenvalue weighted by molar-refractivity contribution is 7.91. The Morgan fingerprint density at radius 2 is 2.07 bits per heavy atom. The summed E-state index contributed by atoms with van der Waals surface area (Å²) in [6, 6.07) is 9.70. The number of thiophene rings is 1. The second-order valence-electron chi connectivity index (χ2n) is 6.31. The quantitative estimate of drug-likeness (QED) is 0.767. The summed E-state index contributed by atoms with van der Waals surface area (Å²) in [5.74, 6) is -0.478. The van der Waals surface area contributed by atoms with Crippen molar-refractivity contribution in [2.24, 2.45) is 0 Å². The molecule has 144 valence electrons. The van der Waals surface area contributed by atoms with Crippen molar-refractivity contribution in [2.45, 2.75) is 36.6 Å². The Morgan fingerprint density at radius 3 is 2.78 bits per heavy atom. The smallest absolute Gasteiger partial charge is 0.253 e. The topological polar surface area (TPSA) is 95.6 Å². The summed E-state index contributed by atoms with van der Waals surface area (Å²) in [6.07, 6.45) is 1.16. The van der Waals surface area contributed by atoms with E-state index >= 15 is 0 Å². The van der Waals surface area contributed by atoms with Crippen LogP contribution in [0.25, 0.3) is 0 Å². The van der Waals surface area contributed by atoms with E-state index in [1.165, 1.54) is 11.2 Å². The standard InChI is InChI=1S/C18H21N3O4S2/c1-13(22)20-15-6-2-5-14(11-15)12-19-18(23)16-7-3-9-21(16)27(24,25)17-8-4-10-26-17/h2,4-6,8,10-11,16H,3,7,9,12H2,1H3,(H,19,23)(H,20,22)/t16-/m1/s1. The lowest BCUT2D eigenvalue weighted by Gasteiger charge is -2.22. The predicted octanol–water partition coefficient (Wildman–Crippen LogP) is 2.18. The number of hydrogen-bond acceptors (Lipinski definition) is 5. The lowest BCUT2D eigenvalue weighted by molar-refractivity contribution is -0.124. The Bertz CT molecular complexity index is 926. The Labute approximate surface area is 162 Å². The van der Waals surface area contributed by atoms with Gasteiger partial charge in [0.15, 0.2) is 0 Å². The van der Waals surface area contributed by atoms with Gasteiger partial charge < -0.3 is 10.6 Å². The van der Waals surface area contributed by atoms with Crippen LogP contribution in [0.5, 0.6) is 0 Å². The number of nitrogens with one attached hydrogen (secondary N) is 2. The fourth-order valence-corrected chi connectivity index (χ4v) is 5.86. The molecule has 0 unspecified atom stereocenters. The van der Waals surface area contributed by atoms with Crippen LogP contribution >= 0.6 is 11.3 Å². The number of hydrogen-bond donors (Lipinski definition) is 2. The molecule has 2 N–H and O–H groups in total. The Balaban J connectivity index is 1.66. The van der Waals surface area contributed by atoms with Gasteiger partial charge in [0.2, 0.25) is 11.8 Å². The second kappa shape index (κ2) is 8.20. The molecule has 0 radical (unpaired) electrons. The van der Waals surface area contributed by atoms with Gasteiger partial charge in [0.05, 0.1) is 0 Å². The van der Waals surface area contributed by atoms with Gasteiger partial charge in [-0.25, -0.2) is 8.42 Å². The molecule has 7 nitrogen and oxygen atoms in total. The van der Waals surface area contributed by atoms with E-state index in [9.17, 15) is 18.0 Å². The molecule has 2 heterocycles. The Morgan fingerprint density at radius 1 is 1.26 bits per heavy atom. The SMILES string of the molecule is CC(=O)Nc1cccc(CNC(=O)[C@H]2CCCN2S(=O)(=O)c2cccs2)c1. The predicted molar refractivity (Wildman–Crippen MR) is 104 cm³/mol. The lowest BCUT2D eigenvalue weighted by Crippen LogP contribution is -2.45. The van der Waals surface area contributed by atoms with Gasteiger partial charge in [0.25, 0.3) is 10.0 Å². The molecule has 1 atom stereocenters. The van der Waals surface area contributed by atoms with Gasteiger partial charge in [0.1, 0.15) is 10.3 Å². The number of carbonyl (C=O) groups excluding carboxylic acids is 2. The minimum atomic E-state index is -3.65. The van der Waals surface area contributed by atoms with E-state index in [1.807, 2.05) is 6.07 Å². The summed E-state index contributed by atoms with van der Waals surface area (Å²) in [6.45, 7) is 2.03. The maximum absolute atomic E-state index is 12.7. The number of sulfonamides is 1. The van der Waals surface area contributed by atoms with E-state index in [2.05, 4.69) is 10.6 Å².